The van der Waals surface area contributed by atoms with Crippen LogP contribution < -0.4 is 5.32 Å². The molecule has 0 saturated heterocycles. The van der Waals surface area contributed by atoms with Crippen molar-refractivity contribution < 1.29 is 9.59 Å². The molecule has 1 N–H and O–H groups in total. The van der Waals surface area contributed by atoms with E-state index in [9.17, 15) is 9.59 Å². The standard InChI is InChI=1S/C16H20Cl2N2O2/c1-4-20(5-2)13(21)11-6-8-12(9-7-11)19-14(22)15(3)10-16(15,17)18/h6-9H,4-5,10H2,1-3H3,(H,19,22). The Bertz CT molecular complexity index is 582. The molecule has 1 aliphatic rings. The first-order chi connectivity index (χ1) is 10.2. The zero-order chi connectivity index (χ0) is 16.5. The van der Waals surface area contributed by atoms with Crippen molar-refractivity contribution in [3.8, 4) is 0 Å². The first kappa shape index (κ1) is 17.1. The lowest BCUT2D eigenvalue weighted by atomic mass is 10.1. The number of anilines is 1. The van der Waals surface area contributed by atoms with Crippen LogP contribution in [-0.4, -0.2) is 34.1 Å². The highest BCUT2D eigenvalue weighted by Crippen LogP contribution is 2.64. The molecule has 1 unspecified atom stereocenters. The molecular formula is C16H20Cl2N2O2. The van der Waals surface area contributed by atoms with Crippen molar-refractivity contribution in [2.45, 2.75) is 31.5 Å². The van der Waals surface area contributed by atoms with Crippen LogP contribution in [0.2, 0.25) is 0 Å². The van der Waals surface area contributed by atoms with E-state index in [1.54, 1.807) is 36.1 Å². The van der Waals surface area contributed by atoms with Crippen LogP contribution in [0.4, 0.5) is 5.69 Å². The van der Waals surface area contributed by atoms with Gasteiger partial charge in [0, 0.05) is 24.3 Å². The molecule has 0 spiro atoms. The Balaban J connectivity index is 2.04. The molecule has 1 saturated carbocycles. The number of alkyl halides is 2. The summed E-state index contributed by atoms with van der Waals surface area (Å²) in [5.74, 6) is -0.224. The van der Waals surface area contributed by atoms with Gasteiger partial charge in [-0.25, -0.2) is 0 Å². The fourth-order valence-corrected chi connectivity index (χ4v) is 3.01. The van der Waals surface area contributed by atoms with Gasteiger partial charge in [-0.05, 0) is 51.5 Å². The Hall–Kier alpha value is -1.26. The van der Waals surface area contributed by atoms with Crippen LogP contribution in [0.5, 0.6) is 0 Å². The fraction of sp³-hybridized carbons (Fsp3) is 0.500. The highest BCUT2D eigenvalue weighted by atomic mass is 35.5. The van der Waals surface area contributed by atoms with Gasteiger partial charge >= 0.3 is 0 Å². The summed E-state index contributed by atoms with van der Waals surface area (Å²) in [6.07, 6.45) is 0.438. The van der Waals surface area contributed by atoms with E-state index in [0.717, 1.165) is 0 Å². The maximum atomic E-state index is 12.2. The molecule has 120 valence electrons. The predicted molar refractivity (Wildman–Crippen MR) is 89.5 cm³/mol. The minimum Gasteiger partial charge on any atom is -0.339 e. The molecule has 4 nitrogen and oxygen atoms in total. The van der Waals surface area contributed by atoms with E-state index in [4.69, 9.17) is 23.2 Å². The second kappa shape index (κ2) is 6.09. The van der Waals surface area contributed by atoms with Crippen LogP contribution in [0, 0.1) is 5.41 Å². The average Bonchev–Trinajstić information content (AvgIpc) is 3.01. The SMILES string of the molecule is CCN(CC)C(=O)c1ccc(NC(=O)C2(C)CC2(Cl)Cl)cc1. The number of amides is 2. The summed E-state index contributed by atoms with van der Waals surface area (Å²) in [5, 5.41) is 2.79. The third kappa shape index (κ3) is 3.08. The number of hydrogen-bond acceptors (Lipinski definition) is 2. The van der Waals surface area contributed by atoms with Crippen LogP contribution in [0.1, 0.15) is 37.6 Å². The minimum atomic E-state index is -0.990. The quantitative estimate of drug-likeness (QED) is 0.829. The van der Waals surface area contributed by atoms with E-state index < -0.39 is 9.75 Å². The minimum absolute atomic E-state index is 0.0161. The molecule has 1 fully saturated rings. The van der Waals surface area contributed by atoms with E-state index in [-0.39, 0.29) is 11.8 Å². The molecular weight excluding hydrogens is 323 g/mol. The number of hydrogen-bond donors (Lipinski definition) is 1. The number of carbonyl (C=O) groups is 2. The first-order valence-corrected chi connectivity index (χ1v) is 8.09. The van der Waals surface area contributed by atoms with Gasteiger partial charge in [-0.2, -0.15) is 0 Å². The highest BCUT2D eigenvalue weighted by molar-refractivity contribution is 6.53. The number of halogens is 2. The summed E-state index contributed by atoms with van der Waals surface area (Å²) >= 11 is 12.0. The maximum absolute atomic E-state index is 12.2. The summed E-state index contributed by atoms with van der Waals surface area (Å²) in [5.41, 5.74) is 0.466. The van der Waals surface area contributed by atoms with Crippen molar-refractivity contribution in [3.05, 3.63) is 29.8 Å². The smallest absolute Gasteiger partial charge is 0.253 e. The molecule has 2 amide bonds. The molecule has 1 atom stereocenters. The molecule has 1 aromatic rings. The van der Waals surface area contributed by atoms with Crippen LogP contribution in [0.15, 0.2) is 24.3 Å². The molecule has 6 heteroatoms. The molecule has 0 bridgehead atoms. The second-order valence-electron chi connectivity index (χ2n) is 5.72. The van der Waals surface area contributed by atoms with Crippen molar-refractivity contribution in [2.75, 3.05) is 18.4 Å². The van der Waals surface area contributed by atoms with E-state index in [0.29, 0.717) is 30.8 Å². The average molecular weight is 343 g/mol. The van der Waals surface area contributed by atoms with E-state index in [2.05, 4.69) is 5.32 Å². The van der Waals surface area contributed by atoms with E-state index in [1.165, 1.54) is 0 Å². The van der Waals surface area contributed by atoms with Gasteiger partial charge in [-0.3, -0.25) is 9.59 Å². The van der Waals surface area contributed by atoms with Gasteiger partial charge in [0.25, 0.3) is 5.91 Å². The van der Waals surface area contributed by atoms with E-state index in [1.807, 2.05) is 13.8 Å². The lowest BCUT2D eigenvalue weighted by Gasteiger charge is -2.19. The molecule has 22 heavy (non-hydrogen) atoms. The van der Waals surface area contributed by atoms with Gasteiger partial charge in [0.15, 0.2) is 0 Å². The third-order valence-corrected chi connectivity index (χ3v) is 5.30. The van der Waals surface area contributed by atoms with Gasteiger partial charge in [0.1, 0.15) is 4.33 Å². The Morgan fingerprint density at radius 1 is 1.18 bits per heavy atom. The summed E-state index contributed by atoms with van der Waals surface area (Å²) in [6, 6.07) is 6.84. The molecule has 2 rings (SSSR count). The predicted octanol–water partition coefficient (Wildman–Crippen LogP) is 3.69. The highest BCUT2D eigenvalue weighted by Gasteiger charge is 2.67. The third-order valence-electron chi connectivity index (χ3n) is 4.20. The van der Waals surface area contributed by atoms with Crippen molar-refractivity contribution in [1.29, 1.82) is 0 Å². The van der Waals surface area contributed by atoms with Crippen molar-refractivity contribution in [3.63, 3.8) is 0 Å². The van der Waals surface area contributed by atoms with Gasteiger partial charge in [-0.1, -0.05) is 0 Å². The summed E-state index contributed by atoms with van der Waals surface area (Å²) < 4.78 is -0.990. The number of rotatable bonds is 5. The molecule has 1 aliphatic carbocycles. The summed E-state index contributed by atoms with van der Waals surface area (Å²) in [7, 11) is 0. The monoisotopic (exact) mass is 342 g/mol. The van der Waals surface area contributed by atoms with Gasteiger partial charge in [0.2, 0.25) is 5.91 Å². The Labute approximate surface area is 140 Å². The van der Waals surface area contributed by atoms with Crippen LogP contribution in [-0.2, 0) is 4.79 Å². The lowest BCUT2D eigenvalue weighted by molar-refractivity contribution is -0.120. The molecule has 0 aromatic heterocycles. The molecule has 1 aromatic carbocycles. The number of carbonyl (C=O) groups excluding carboxylic acids is 2. The zero-order valence-corrected chi connectivity index (χ0v) is 14.5. The summed E-state index contributed by atoms with van der Waals surface area (Å²) in [4.78, 5) is 26.1. The zero-order valence-electron chi connectivity index (χ0n) is 13.0. The number of nitrogens with one attached hydrogen (secondary N) is 1. The maximum Gasteiger partial charge on any atom is 0.253 e. The Morgan fingerprint density at radius 2 is 1.68 bits per heavy atom. The van der Waals surface area contributed by atoms with E-state index >= 15 is 0 Å². The topological polar surface area (TPSA) is 49.4 Å². The first-order valence-electron chi connectivity index (χ1n) is 7.33. The van der Waals surface area contributed by atoms with Crippen LogP contribution >= 0.6 is 23.2 Å². The lowest BCUT2D eigenvalue weighted by Crippen LogP contribution is -2.30. The normalized spacial score (nSPS) is 22.0. The van der Waals surface area contributed by atoms with Gasteiger partial charge < -0.3 is 10.2 Å². The second-order valence-corrected chi connectivity index (χ2v) is 7.21. The fourth-order valence-electron chi connectivity index (χ4n) is 2.30. The van der Waals surface area contributed by atoms with Crippen molar-refractivity contribution in [2.24, 2.45) is 5.41 Å². The summed E-state index contributed by atoms with van der Waals surface area (Å²) in [6.45, 7) is 6.95. The molecule has 0 aliphatic heterocycles. The van der Waals surface area contributed by atoms with Gasteiger partial charge in [0.05, 0.1) is 5.41 Å². The Kier molecular flexibility index (Phi) is 4.73. The van der Waals surface area contributed by atoms with Crippen LogP contribution in [0.3, 0.4) is 0 Å². The Morgan fingerprint density at radius 3 is 2.09 bits per heavy atom. The van der Waals surface area contributed by atoms with Gasteiger partial charge in [-0.15, -0.1) is 23.2 Å². The molecule has 0 heterocycles. The number of nitrogens with zero attached hydrogens (tertiary/aromatic N) is 1. The molecule has 0 radical (unpaired) electrons. The van der Waals surface area contributed by atoms with Crippen molar-refractivity contribution >= 4 is 40.7 Å². The number of benzene rings is 1. The van der Waals surface area contributed by atoms with Crippen LogP contribution in [0.25, 0.3) is 0 Å². The van der Waals surface area contributed by atoms with Crippen molar-refractivity contribution in [1.82, 2.24) is 4.90 Å². The largest absolute Gasteiger partial charge is 0.339 e.